The number of nitrogens with zero attached hydrogens (tertiary/aromatic N) is 2. The molecule has 2 amide bonds. The van der Waals surface area contributed by atoms with Gasteiger partial charge in [0.1, 0.15) is 12.0 Å². The minimum atomic E-state index is -1.02. The number of rotatable bonds is 4. The zero-order valence-electron chi connectivity index (χ0n) is 13.5. The van der Waals surface area contributed by atoms with Crippen LogP contribution >= 0.6 is 0 Å². The molecule has 1 fully saturated rings. The molecule has 2 aliphatic rings. The molecule has 0 aliphatic carbocycles. The first-order valence-electron chi connectivity index (χ1n) is 7.56. The molecule has 2 atom stereocenters. The van der Waals surface area contributed by atoms with Crippen LogP contribution in [0.25, 0.3) is 0 Å². The van der Waals surface area contributed by atoms with E-state index in [4.69, 9.17) is 4.74 Å². The van der Waals surface area contributed by atoms with Crippen molar-refractivity contribution >= 4 is 35.2 Å². The van der Waals surface area contributed by atoms with Gasteiger partial charge in [-0.2, -0.15) is 5.10 Å². The molecule has 1 aromatic rings. The van der Waals surface area contributed by atoms with Crippen molar-refractivity contribution in [3.63, 3.8) is 0 Å². The fourth-order valence-electron chi connectivity index (χ4n) is 2.78. The zero-order valence-corrected chi connectivity index (χ0v) is 13.5. The van der Waals surface area contributed by atoms with Crippen LogP contribution in [0.4, 0.5) is 5.69 Å². The first-order valence-corrected chi connectivity index (χ1v) is 7.56. The number of benzene rings is 1. The summed E-state index contributed by atoms with van der Waals surface area (Å²) in [5.74, 6) is -3.37. The van der Waals surface area contributed by atoms with Crippen LogP contribution in [0.2, 0.25) is 0 Å². The first kappa shape index (κ1) is 16.6. The second-order valence-electron chi connectivity index (χ2n) is 5.35. The molecule has 1 N–H and O–H groups in total. The third kappa shape index (κ3) is 2.63. The van der Waals surface area contributed by atoms with E-state index >= 15 is 0 Å². The average molecular weight is 345 g/mol. The Balaban J connectivity index is 1.87. The summed E-state index contributed by atoms with van der Waals surface area (Å²) in [6, 6.07) is 4.88. The van der Waals surface area contributed by atoms with Gasteiger partial charge in [0.15, 0.2) is 5.71 Å². The van der Waals surface area contributed by atoms with Gasteiger partial charge in [0.25, 0.3) is 5.91 Å². The van der Waals surface area contributed by atoms with Gasteiger partial charge in [0, 0.05) is 0 Å². The Morgan fingerprint density at radius 2 is 1.84 bits per heavy atom. The summed E-state index contributed by atoms with van der Waals surface area (Å²) in [6.07, 6.45) is 0. The lowest BCUT2D eigenvalue weighted by Gasteiger charge is -2.15. The van der Waals surface area contributed by atoms with Crippen molar-refractivity contribution in [2.75, 3.05) is 18.6 Å². The standard InChI is InChI=1S/C16H15N3O6/c1-3-25-16(23)12-10-11(17-18-12)14(21)19(13(10)20)9-6-4-8(5-7-9)15(22)24-2/h4-7,10-11,17H,3H2,1-2H3/t10-,11+/m1/s1. The predicted octanol–water partition coefficient (Wildman–Crippen LogP) is -0.147. The lowest BCUT2D eigenvalue weighted by atomic mass is 9.99. The average Bonchev–Trinajstić information content (AvgIpc) is 3.15. The number of fused-ring (bicyclic) bond motifs is 1. The van der Waals surface area contributed by atoms with E-state index in [1.807, 2.05) is 0 Å². The zero-order chi connectivity index (χ0) is 18.1. The molecule has 0 aromatic heterocycles. The van der Waals surface area contributed by atoms with Crippen LogP contribution in [0.15, 0.2) is 29.4 Å². The number of anilines is 1. The van der Waals surface area contributed by atoms with Crippen LogP contribution in [0.3, 0.4) is 0 Å². The van der Waals surface area contributed by atoms with E-state index in [1.165, 1.54) is 31.4 Å². The van der Waals surface area contributed by atoms with Gasteiger partial charge < -0.3 is 9.47 Å². The van der Waals surface area contributed by atoms with Crippen LogP contribution < -0.4 is 10.3 Å². The Morgan fingerprint density at radius 3 is 2.44 bits per heavy atom. The quantitative estimate of drug-likeness (QED) is 0.596. The third-order valence-corrected chi connectivity index (χ3v) is 3.96. The molecule has 9 heteroatoms. The molecule has 9 nitrogen and oxygen atoms in total. The number of nitrogens with one attached hydrogen (secondary N) is 1. The molecule has 1 aromatic carbocycles. The van der Waals surface area contributed by atoms with Gasteiger partial charge in [0.05, 0.1) is 25.0 Å². The van der Waals surface area contributed by atoms with Crippen LogP contribution in [-0.2, 0) is 23.9 Å². The van der Waals surface area contributed by atoms with Crippen LogP contribution in [0, 0.1) is 5.92 Å². The summed E-state index contributed by atoms with van der Waals surface area (Å²) >= 11 is 0. The minimum Gasteiger partial charge on any atom is -0.465 e. The van der Waals surface area contributed by atoms with E-state index < -0.39 is 35.7 Å². The molecular weight excluding hydrogens is 330 g/mol. The van der Waals surface area contributed by atoms with Crippen molar-refractivity contribution in [3.8, 4) is 0 Å². The van der Waals surface area contributed by atoms with E-state index in [0.29, 0.717) is 5.69 Å². The number of hydrogen-bond acceptors (Lipinski definition) is 8. The second kappa shape index (κ2) is 6.34. The molecule has 2 heterocycles. The van der Waals surface area contributed by atoms with Crippen molar-refractivity contribution in [3.05, 3.63) is 29.8 Å². The summed E-state index contributed by atoms with van der Waals surface area (Å²) in [6.45, 7) is 1.77. The largest absolute Gasteiger partial charge is 0.465 e. The number of methoxy groups -OCH3 is 1. The molecule has 0 bridgehead atoms. The molecule has 1 saturated heterocycles. The monoisotopic (exact) mass is 345 g/mol. The SMILES string of the molecule is CCOC(=O)C1=NN[C@@H]2C(=O)N(c3ccc(C(=O)OC)cc3)C(=O)[C@@H]12. The molecule has 2 aliphatic heterocycles. The van der Waals surface area contributed by atoms with Gasteiger partial charge >= 0.3 is 11.9 Å². The highest BCUT2D eigenvalue weighted by Crippen LogP contribution is 2.31. The van der Waals surface area contributed by atoms with E-state index in [-0.39, 0.29) is 17.9 Å². The van der Waals surface area contributed by atoms with Crippen LogP contribution in [-0.4, -0.2) is 49.2 Å². The van der Waals surface area contributed by atoms with Gasteiger partial charge in [-0.1, -0.05) is 0 Å². The maximum atomic E-state index is 12.7. The van der Waals surface area contributed by atoms with Gasteiger partial charge in [-0.25, -0.2) is 14.5 Å². The number of carbonyl (C=O) groups excluding carboxylic acids is 4. The van der Waals surface area contributed by atoms with Gasteiger partial charge in [-0.05, 0) is 31.2 Å². The van der Waals surface area contributed by atoms with Crippen molar-refractivity contribution in [1.29, 1.82) is 0 Å². The van der Waals surface area contributed by atoms with Gasteiger partial charge in [0.2, 0.25) is 5.91 Å². The molecule has 25 heavy (non-hydrogen) atoms. The molecule has 0 spiro atoms. The minimum absolute atomic E-state index is 0.112. The Kier molecular flexibility index (Phi) is 4.22. The Labute approximate surface area is 142 Å². The number of hydrazone groups is 1. The topological polar surface area (TPSA) is 114 Å². The highest BCUT2D eigenvalue weighted by atomic mass is 16.5. The molecule has 0 unspecified atom stereocenters. The number of imide groups is 1. The highest BCUT2D eigenvalue weighted by Gasteiger charge is 2.55. The highest BCUT2D eigenvalue weighted by molar-refractivity contribution is 6.46. The lowest BCUT2D eigenvalue weighted by Crippen LogP contribution is -2.36. The van der Waals surface area contributed by atoms with Gasteiger partial charge in [-0.15, -0.1) is 0 Å². The lowest BCUT2D eigenvalue weighted by molar-refractivity contribution is -0.136. The Bertz CT molecular complexity index is 786. The first-order chi connectivity index (χ1) is 12.0. The second-order valence-corrected chi connectivity index (χ2v) is 5.35. The summed E-state index contributed by atoms with van der Waals surface area (Å²) in [4.78, 5) is 49.5. The van der Waals surface area contributed by atoms with E-state index in [9.17, 15) is 19.2 Å². The normalized spacial score (nSPS) is 21.5. The molecular formula is C16H15N3O6. The fourth-order valence-corrected chi connectivity index (χ4v) is 2.78. The fraction of sp³-hybridized carbons (Fsp3) is 0.312. The number of amides is 2. The van der Waals surface area contributed by atoms with Crippen LogP contribution in [0.1, 0.15) is 17.3 Å². The number of esters is 2. The van der Waals surface area contributed by atoms with Crippen molar-refractivity contribution in [1.82, 2.24) is 5.43 Å². The summed E-state index contributed by atoms with van der Waals surface area (Å²) < 4.78 is 9.47. The van der Waals surface area contributed by atoms with Crippen molar-refractivity contribution < 1.29 is 28.7 Å². The van der Waals surface area contributed by atoms with Crippen LogP contribution in [0.5, 0.6) is 0 Å². The molecule has 3 rings (SSSR count). The molecule has 0 saturated carbocycles. The smallest absolute Gasteiger partial charge is 0.355 e. The van der Waals surface area contributed by atoms with E-state index in [2.05, 4.69) is 15.3 Å². The number of ether oxygens (including phenoxy) is 2. The Hall–Kier alpha value is -3.23. The molecule has 0 radical (unpaired) electrons. The third-order valence-electron chi connectivity index (χ3n) is 3.96. The molecule has 130 valence electrons. The maximum Gasteiger partial charge on any atom is 0.355 e. The maximum absolute atomic E-state index is 12.7. The summed E-state index contributed by atoms with van der Waals surface area (Å²) in [7, 11) is 1.26. The summed E-state index contributed by atoms with van der Waals surface area (Å²) in [5, 5.41) is 3.78. The van der Waals surface area contributed by atoms with Crippen molar-refractivity contribution in [2.45, 2.75) is 13.0 Å². The number of carbonyl (C=O) groups is 4. The summed E-state index contributed by atoms with van der Waals surface area (Å²) in [5.41, 5.74) is 3.00. The Morgan fingerprint density at radius 1 is 1.16 bits per heavy atom. The van der Waals surface area contributed by atoms with E-state index in [1.54, 1.807) is 6.92 Å². The van der Waals surface area contributed by atoms with E-state index in [0.717, 1.165) is 4.90 Å². The van der Waals surface area contributed by atoms with Gasteiger partial charge in [-0.3, -0.25) is 15.0 Å². The predicted molar refractivity (Wildman–Crippen MR) is 84.8 cm³/mol. The number of hydrogen-bond donors (Lipinski definition) is 1. The van der Waals surface area contributed by atoms with Crippen molar-refractivity contribution in [2.24, 2.45) is 11.0 Å².